The fraction of sp³-hybridized carbons (Fsp3) is 0.231. The maximum absolute atomic E-state index is 3.62. The number of benzene rings is 1. The molecule has 1 aromatic carbocycles. The van der Waals surface area contributed by atoms with E-state index >= 15 is 0 Å². The fourth-order valence-electron chi connectivity index (χ4n) is 1.78. The van der Waals surface area contributed by atoms with Crippen molar-refractivity contribution < 1.29 is 0 Å². The number of hydrogen-bond acceptors (Lipinski definition) is 2. The quantitative estimate of drug-likeness (QED) is 0.812. The third-order valence-electron chi connectivity index (χ3n) is 2.67. The van der Waals surface area contributed by atoms with E-state index in [2.05, 4.69) is 66.8 Å². The van der Waals surface area contributed by atoms with Crippen molar-refractivity contribution in [1.29, 1.82) is 0 Å². The Labute approximate surface area is 123 Å². The summed E-state index contributed by atoms with van der Waals surface area (Å²) in [5.74, 6) is 0. The highest BCUT2D eigenvalue weighted by atomic mass is 79.9. The van der Waals surface area contributed by atoms with E-state index in [1.54, 1.807) is 11.3 Å². The Hall–Kier alpha value is -0.160. The molecule has 0 radical (unpaired) electrons. The molecule has 0 saturated carbocycles. The van der Waals surface area contributed by atoms with Gasteiger partial charge in [-0.1, -0.05) is 37.9 Å². The van der Waals surface area contributed by atoms with Crippen LogP contribution in [0.5, 0.6) is 0 Å². The molecule has 1 N–H and O–H groups in total. The number of thiophene rings is 1. The predicted octanol–water partition coefficient (Wildman–Crippen LogP) is 4.78. The molecule has 0 amide bonds. The Bertz CT molecular complexity index is 482. The molecule has 2 rings (SSSR count). The Morgan fingerprint density at radius 3 is 2.76 bits per heavy atom. The molecule has 90 valence electrons. The first-order chi connectivity index (χ1) is 8.20. The lowest BCUT2D eigenvalue weighted by Gasteiger charge is -2.17. The van der Waals surface area contributed by atoms with Crippen LogP contribution in [0.4, 0.5) is 0 Å². The molecule has 4 heteroatoms. The van der Waals surface area contributed by atoms with Crippen LogP contribution in [0.15, 0.2) is 44.7 Å². The standard InChI is InChI=1S/C13H13Br2NS/c1-16-13(8-10-3-2-6-17-10)11-7-9(14)4-5-12(11)15/h2-7,13,16H,8H2,1H3. The first kappa shape index (κ1) is 13.3. The molecular formula is C13H13Br2NS. The van der Waals surface area contributed by atoms with Gasteiger partial charge in [-0.05, 0) is 42.3 Å². The summed E-state index contributed by atoms with van der Waals surface area (Å²) >= 11 is 8.95. The van der Waals surface area contributed by atoms with Crippen molar-refractivity contribution in [2.24, 2.45) is 0 Å². The second-order valence-electron chi connectivity index (χ2n) is 3.79. The molecule has 17 heavy (non-hydrogen) atoms. The van der Waals surface area contributed by atoms with Crippen molar-refractivity contribution in [3.8, 4) is 0 Å². The summed E-state index contributed by atoms with van der Waals surface area (Å²) in [5.41, 5.74) is 1.29. The topological polar surface area (TPSA) is 12.0 Å². The minimum atomic E-state index is 0.334. The first-order valence-corrected chi connectivity index (χ1v) is 7.82. The van der Waals surface area contributed by atoms with E-state index in [-0.39, 0.29) is 0 Å². The van der Waals surface area contributed by atoms with Crippen molar-refractivity contribution in [2.45, 2.75) is 12.5 Å². The van der Waals surface area contributed by atoms with Crippen LogP contribution < -0.4 is 5.32 Å². The Morgan fingerprint density at radius 1 is 1.29 bits per heavy atom. The van der Waals surface area contributed by atoms with Crippen molar-refractivity contribution in [3.63, 3.8) is 0 Å². The van der Waals surface area contributed by atoms with E-state index in [0.29, 0.717) is 6.04 Å². The smallest absolute Gasteiger partial charge is 0.0377 e. The van der Waals surface area contributed by atoms with Crippen LogP contribution >= 0.6 is 43.2 Å². The molecule has 1 atom stereocenters. The molecule has 0 saturated heterocycles. The Morgan fingerprint density at radius 2 is 2.12 bits per heavy atom. The normalized spacial score (nSPS) is 12.6. The number of halogens is 2. The van der Waals surface area contributed by atoms with Gasteiger partial charge < -0.3 is 5.32 Å². The molecule has 1 nitrogen and oxygen atoms in total. The van der Waals surface area contributed by atoms with E-state index < -0.39 is 0 Å². The van der Waals surface area contributed by atoms with Crippen LogP contribution in [-0.2, 0) is 6.42 Å². The summed E-state index contributed by atoms with van der Waals surface area (Å²) in [6.07, 6.45) is 1.02. The summed E-state index contributed by atoms with van der Waals surface area (Å²) < 4.78 is 2.26. The van der Waals surface area contributed by atoms with Crippen LogP contribution in [0.1, 0.15) is 16.5 Å². The first-order valence-electron chi connectivity index (χ1n) is 5.35. The van der Waals surface area contributed by atoms with Crippen LogP contribution in [0.2, 0.25) is 0 Å². The maximum atomic E-state index is 3.62. The zero-order valence-electron chi connectivity index (χ0n) is 9.41. The highest BCUT2D eigenvalue weighted by Crippen LogP contribution is 2.29. The van der Waals surface area contributed by atoms with Gasteiger partial charge in [-0.15, -0.1) is 11.3 Å². The Balaban J connectivity index is 2.25. The zero-order chi connectivity index (χ0) is 12.3. The lowest BCUT2D eigenvalue weighted by atomic mass is 10.0. The van der Waals surface area contributed by atoms with Crippen LogP contribution in [0.3, 0.4) is 0 Å². The monoisotopic (exact) mass is 373 g/mol. The molecule has 0 aliphatic rings. The minimum absolute atomic E-state index is 0.334. The molecular weight excluding hydrogens is 362 g/mol. The SMILES string of the molecule is CNC(Cc1cccs1)c1cc(Br)ccc1Br. The number of nitrogens with one attached hydrogen (secondary N) is 1. The third kappa shape index (κ3) is 3.41. The fourth-order valence-corrected chi connectivity index (χ4v) is 3.43. The van der Waals surface area contributed by atoms with Crippen molar-refractivity contribution in [3.05, 3.63) is 55.1 Å². The molecule has 1 unspecified atom stereocenters. The molecule has 0 bridgehead atoms. The van der Waals surface area contributed by atoms with E-state index in [1.807, 2.05) is 13.1 Å². The van der Waals surface area contributed by atoms with Gasteiger partial charge in [0.15, 0.2) is 0 Å². The highest BCUT2D eigenvalue weighted by Gasteiger charge is 2.14. The van der Waals surface area contributed by atoms with E-state index in [0.717, 1.165) is 15.4 Å². The molecule has 0 fully saturated rings. The third-order valence-corrected chi connectivity index (χ3v) is 4.78. The van der Waals surface area contributed by atoms with E-state index in [4.69, 9.17) is 0 Å². The predicted molar refractivity (Wildman–Crippen MR) is 81.7 cm³/mol. The van der Waals surface area contributed by atoms with E-state index in [9.17, 15) is 0 Å². The van der Waals surface area contributed by atoms with Gasteiger partial charge in [0.25, 0.3) is 0 Å². The van der Waals surface area contributed by atoms with Crippen LogP contribution in [-0.4, -0.2) is 7.05 Å². The lowest BCUT2D eigenvalue weighted by molar-refractivity contribution is 0.594. The average Bonchev–Trinajstić information content (AvgIpc) is 2.82. The maximum Gasteiger partial charge on any atom is 0.0377 e. The molecule has 0 aliphatic heterocycles. The summed E-state index contributed by atoms with van der Waals surface area (Å²) in [6.45, 7) is 0. The summed E-state index contributed by atoms with van der Waals surface area (Å²) in [6, 6.07) is 10.9. The zero-order valence-corrected chi connectivity index (χ0v) is 13.4. The molecule has 0 spiro atoms. The van der Waals surface area contributed by atoms with Gasteiger partial charge in [-0.2, -0.15) is 0 Å². The van der Waals surface area contributed by atoms with Gasteiger partial charge in [-0.25, -0.2) is 0 Å². The summed E-state index contributed by atoms with van der Waals surface area (Å²) in [5, 5.41) is 5.50. The summed E-state index contributed by atoms with van der Waals surface area (Å²) in [7, 11) is 2.01. The largest absolute Gasteiger partial charge is 0.313 e. The van der Waals surface area contributed by atoms with Crippen molar-refractivity contribution in [1.82, 2.24) is 5.32 Å². The van der Waals surface area contributed by atoms with Gasteiger partial charge in [0.2, 0.25) is 0 Å². The van der Waals surface area contributed by atoms with Crippen LogP contribution in [0.25, 0.3) is 0 Å². The molecule has 2 aromatic rings. The number of hydrogen-bond donors (Lipinski definition) is 1. The second kappa shape index (κ2) is 6.14. The second-order valence-corrected chi connectivity index (χ2v) is 6.59. The molecule has 1 aromatic heterocycles. The lowest BCUT2D eigenvalue weighted by Crippen LogP contribution is -2.18. The molecule has 1 heterocycles. The Kier molecular flexibility index (Phi) is 4.79. The summed E-state index contributed by atoms with van der Waals surface area (Å²) in [4.78, 5) is 1.40. The minimum Gasteiger partial charge on any atom is -0.313 e. The number of likely N-dealkylation sites (N-methyl/N-ethyl adjacent to an activating group) is 1. The molecule has 0 aliphatic carbocycles. The number of rotatable bonds is 4. The van der Waals surface area contributed by atoms with Crippen molar-refractivity contribution in [2.75, 3.05) is 7.05 Å². The van der Waals surface area contributed by atoms with Gasteiger partial charge in [-0.3, -0.25) is 0 Å². The van der Waals surface area contributed by atoms with Gasteiger partial charge in [0.1, 0.15) is 0 Å². The van der Waals surface area contributed by atoms with Gasteiger partial charge in [0.05, 0.1) is 0 Å². The van der Waals surface area contributed by atoms with Gasteiger partial charge in [0, 0.05) is 26.3 Å². The van der Waals surface area contributed by atoms with Crippen molar-refractivity contribution >= 4 is 43.2 Å². The van der Waals surface area contributed by atoms with E-state index in [1.165, 1.54) is 10.4 Å². The highest BCUT2D eigenvalue weighted by molar-refractivity contribution is 9.11. The van der Waals surface area contributed by atoms with Crippen LogP contribution in [0, 0.1) is 0 Å². The average molecular weight is 375 g/mol. The van der Waals surface area contributed by atoms with Gasteiger partial charge >= 0.3 is 0 Å².